The van der Waals surface area contributed by atoms with Crippen molar-refractivity contribution in [3.63, 3.8) is 0 Å². The van der Waals surface area contributed by atoms with Crippen LogP contribution in [0.4, 0.5) is 0 Å². The number of hydrogen-bond donors (Lipinski definition) is 4. The molecule has 0 aromatic carbocycles. The summed E-state index contributed by atoms with van der Waals surface area (Å²) < 4.78 is 0. The van der Waals surface area contributed by atoms with E-state index in [0.29, 0.717) is 22.7 Å². The lowest BCUT2D eigenvalue weighted by molar-refractivity contribution is -0.461. The fraction of sp³-hybridized carbons (Fsp3) is 0.571. The molecule has 0 amide bonds. The van der Waals surface area contributed by atoms with Gasteiger partial charge in [0.05, 0.1) is 17.9 Å². The summed E-state index contributed by atoms with van der Waals surface area (Å²) in [4.78, 5) is 7.30. The van der Waals surface area contributed by atoms with Gasteiger partial charge in [0.15, 0.2) is 6.21 Å². The van der Waals surface area contributed by atoms with Crippen molar-refractivity contribution in [2.75, 3.05) is 19.6 Å². The van der Waals surface area contributed by atoms with Gasteiger partial charge in [0, 0.05) is 17.7 Å². The first kappa shape index (κ1) is 16.9. The zero-order chi connectivity index (χ0) is 13.7. The van der Waals surface area contributed by atoms with Crippen LogP contribution in [0.3, 0.4) is 0 Å². The van der Waals surface area contributed by atoms with Crippen LogP contribution >= 0.6 is 0 Å². The highest BCUT2D eigenvalue weighted by atomic mass is 35.5. The average Bonchev–Trinajstić information content (AvgIpc) is 2.45. The SMILES string of the molecule is Cc1ncc(CO)c(C=[NH+]CC2CCNCC2)c1O.[Cl-]. The number of hydrogen-bond acceptors (Lipinski definition) is 4. The predicted molar refractivity (Wildman–Crippen MR) is 73.2 cm³/mol. The maximum Gasteiger partial charge on any atom is 0.173 e. The highest BCUT2D eigenvalue weighted by Crippen LogP contribution is 2.21. The first-order chi connectivity index (χ1) is 9.22. The number of piperidine rings is 1. The lowest BCUT2D eigenvalue weighted by Gasteiger charge is -2.18. The van der Waals surface area contributed by atoms with Gasteiger partial charge in [0.1, 0.15) is 12.3 Å². The number of aliphatic hydroxyl groups excluding tert-OH is 1. The van der Waals surface area contributed by atoms with Gasteiger partial charge in [-0.25, -0.2) is 4.99 Å². The molecule has 0 spiro atoms. The molecule has 0 radical (unpaired) electrons. The first-order valence-corrected chi connectivity index (χ1v) is 6.78. The van der Waals surface area contributed by atoms with Gasteiger partial charge in [-0.1, -0.05) is 0 Å². The molecule has 112 valence electrons. The van der Waals surface area contributed by atoms with E-state index in [1.54, 1.807) is 19.3 Å². The number of aromatic hydroxyl groups is 1. The van der Waals surface area contributed by atoms with E-state index in [2.05, 4.69) is 15.3 Å². The van der Waals surface area contributed by atoms with E-state index in [0.717, 1.165) is 19.6 Å². The molecule has 1 aromatic heterocycles. The van der Waals surface area contributed by atoms with Gasteiger partial charge in [0.2, 0.25) is 0 Å². The number of aliphatic hydroxyl groups is 1. The monoisotopic (exact) mass is 299 g/mol. The second-order valence-electron chi connectivity index (χ2n) is 5.04. The number of rotatable bonds is 4. The minimum atomic E-state index is -0.123. The van der Waals surface area contributed by atoms with Crippen LogP contribution in [-0.4, -0.2) is 41.0 Å². The maximum absolute atomic E-state index is 9.99. The van der Waals surface area contributed by atoms with Crippen LogP contribution in [0.25, 0.3) is 0 Å². The molecule has 0 saturated carbocycles. The van der Waals surface area contributed by atoms with E-state index in [1.165, 1.54) is 12.8 Å². The van der Waals surface area contributed by atoms with Gasteiger partial charge in [-0.3, -0.25) is 4.98 Å². The molecule has 0 aliphatic carbocycles. The topological polar surface area (TPSA) is 79.4 Å². The molecule has 5 nitrogen and oxygen atoms in total. The fourth-order valence-electron chi connectivity index (χ4n) is 2.35. The summed E-state index contributed by atoms with van der Waals surface area (Å²) in [6.07, 6.45) is 5.74. The Morgan fingerprint density at radius 2 is 2.15 bits per heavy atom. The van der Waals surface area contributed by atoms with Crippen LogP contribution in [0.1, 0.15) is 29.7 Å². The standard InChI is InChI=1S/C14H21N3O2.ClH/c1-10-14(19)13(12(9-18)7-17-10)8-16-6-11-2-4-15-5-3-11;/h7-8,11,15,18-19H,2-6,9H2,1H3;1H. The van der Waals surface area contributed by atoms with Gasteiger partial charge >= 0.3 is 0 Å². The van der Waals surface area contributed by atoms with Gasteiger partial charge in [0.25, 0.3) is 0 Å². The molecule has 2 heterocycles. The van der Waals surface area contributed by atoms with Gasteiger partial charge in [-0.2, -0.15) is 0 Å². The molecular formula is C14H22ClN3O2. The number of nitrogens with zero attached hydrogens (tertiary/aromatic N) is 1. The fourth-order valence-corrected chi connectivity index (χ4v) is 2.35. The molecular weight excluding hydrogens is 278 g/mol. The average molecular weight is 300 g/mol. The summed E-state index contributed by atoms with van der Waals surface area (Å²) in [5, 5.41) is 22.6. The van der Waals surface area contributed by atoms with E-state index in [4.69, 9.17) is 0 Å². The summed E-state index contributed by atoms with van der Waals surface area (Å²) >= 11 is 0. The highest BCUT2D eigenvalue weighted by Gasteiger charge is 2.15. The summed E-state index contributed by atoms with van der Waals surface area (Å²) in [7, 11) is 0. The van der Waals surface area contributed by atoms with Crippen molar-refractivity contribution in [2.24, 2.45) is 5.92 Å². The number of pyridine rings is 1. The van der Waals surface area contributed by atoms with E-state index in [-0.39, 0.29) is 24.8 Å². The lowest BCUT2D eigenvalue weighted by atomic mass is 9.98. The third kappa shape index (κ3) is 4.16. The molecule has 0 atom stereocenters. The minimum absolute atomic E-state index is 0. The molecule has 20 heavy (non-hydrogen) atoms. The third-order valence-corrected chi connectivity index (χ3v) is 3.64. The Bertz CT molecular complexity index is 460. The van der Waals surface area contributed by atoms with Crippen LogP contribution in [-0.2, 0) is 6.61 Å². The van der Waals surface area contributed by atoms with Crippen molar-refractivity contribution in [1.82, 2.24) is 10.3 Å². The highest BCUT2D eigenvalue weighted by molar-refractivity contribution is 5.81. The molecule has 1 fully saturated rings. The Morgan fingerprint density at radius 1 is 1.45 bits per heavy atom. The largest absolute Gasteiger partial charge is 1.00 e. The van der Waals surface area contributed by atoms with Crippen LogP contribution in [0.2, 0.25) is 0 Å². The quantitative estimate of drug-likeness (QED) is 0.429. The Balaban J connectivity index is 0.00000200. The summed E-state index contributed by atoms with van der Waals surface area (Å²) in [6, 6.07) is 0. The van der Waals surface area contributed by atoms with Crippen LogP contribution < -0.4 is 22.7 Å². The van der Waals surface area contributed by atoms with E-state index < -0.39 is 0 Å². The summed E-state index contributed by atoms with van der Waals surface area (Å²) in [5.74, 6) is 0.810. The normalized spacial score (nSPS) is 16.3. The predicted octanol–water partition coefficient (Wildman–Crippen LogP) is -3.91. The van der Waals surface area contributed by atoms with Crippen molar-refractivity contribution in [3.05, 3.63) is 23.0 Å². The summed E-state index contributed by atoms with van der Waals surface area (Å²) in [6.45, 7) is 4.68. The molecule has 6 heteroatoms. The molecule has 4 N–H and O–H groups in total. The second-order valence-corrected chi connectivity index (χ2v) is 5.04. The lowest BCUT2D eigenvalue weighted by Crippen LogP contribution is -3.00. The van der Waals surface area contributed by atoms with Crippen molar-refractivity contribution < 1.29 is 27.6 Å². The Labute approximate surface area is 125 Å². The van der Waals surface area contributed by atoms with Crippen LogP contribution in [0, 0.1) is 12.8 Å². The van der Waals surface area contributed by atoms with Gasteiger partial charge in [-0.05, 0) is 32.9 Å². The molecule has 2 rings (SSSR count). The third-order valence-electron chi connectivity index (χ3n) is 3.64. The minimum Gasteiger partial charge on any atom is -1.00 e. The molecule has 1 saturated heterocycles. The van der Waals surface area contributed by atoms with Crippen molar-refractivity contribution in [2.45, 2.75) is 26.4 Å². The Kier molecular flexibility index (Phi) is 6.91. The smallest absolute Gasteiger partial charge is 0.173 e. The zero-order valence-corrected chi connectivity index (χ0v) is 12.5. The van der Waals surface area contributed by atoms with E-state index in [9.17, 15) is 10.2 Å². The van der Waals surface area contributed by atoms with E-state index >= 15 is 0 Å². The Morgan fingerprint density at radius 3 is 2.80 bits per heavy atom. The molecule has 1 aliphatic rings. The van der Waals surface area contributed by atoms with Crippen LogP contribution in [0.5, 0.6) is 5.75 Å². The van der Waals surface area contributed by atoms with Crippen LogP contribution in [0.15, 0.2) is 6.20 Å². The van der Waals surface area contributed by atoms with Gasteiger partial charge in [-0.15, -0.1) is 0 Å². The molecule has 1 aliphatic heterocycles. The number of halogens is 1. The summed E-state index contributed by atoms with van der Waals surface area (Å²) in [5.41, 5.74) is 1.86. The first-order valence-electron chi connectivity index (χ1n) is 6.78. The van der Waals surface area contributed by atoms with Gasteiger partial charge < -0.3 is 27.9 Å². The zero-order valence-electron chi connectivity index (χ0n) is 11.7. The van der Waals surface area contributed by atoms with Crippen molar-refractivity contribution in [1.29, 1.82) is 0 Å². The maximum atomic E-state index is 9.99. The number of aromatic nitrogens is 1. The van der Waals surface area contributed by atoms with E-state index in [1.807, 2.05) is 0 Å². The second kappa shape index (κ2) is 8.19. The number of nitrogens with one attached hydrogen (secondary N) is 2. The van der Waals surface area contributed by atoms with Crippen molar-refractivity contribution >= 4 is 6.21 Å². The van der Waals surface area contributed by atoms with Crippen molar-refractivity contribution in [3.8, 4) is 5.75 Å². The molecule has 0 bridgehead atoms. The molecule has 0 unspecified atom stereocenters. The Hall–Kier alpha value is -1.17. The molecule has 1 aromatic rings. The number of aryl methyl sites for hydroxylation is 1.